The van der Waals surface area contributed by atoms with E-state index in [9.17, 15) is 5.11 Å². The molecule has 0 heterocycles. The van der Waals surface area contributed by atoms with Crippen molar-refractivity contribution in [3.05, 3.63) is 103 Å². The maximum absolute atomic E-state index is 10.4. The van der Waals surface area contributed by atoms with Gasteiger partial charge in [-0.2, -0.15) is 0 Å². The van der Waals surface area contributed by atoms with Crippen molar-refractivity contribution >= 4 is 23.9 Å². The molecule has 0 amide bonds. The highest BCUT2D eigenvalue weighted by molar-refractivity contribution is 7.07. The van der Waals surface area contributed by atoms with E-state index in [0.717, 1.165) is 37.0 Å². The predicted molar refractivity (Wildman–Crippen MR) is 176 cm³/mol. The fourth-order valence-electron chi connectivity index (χ4n) is 10.5. The molecule has 4 aliphatic rings. The molecule has 3 aromatic carbocycles. The van der Waals surface area contributed by atoms with Crippen LogP contribution in [0, 0.1) is 34.5 Å². The van der Waals surface area contributed by atoms with Gasteiger partial charge in [0.25, 0.3) is 8.32 Å². The molecular formula is C39H48O2Si. The van der Waals surface area contributed by atoms with Gasteiger partial charge in [0, 0.05) is 6.10 Å². The highest BCUT2D eigenvalue weighted by Gasteiger charge is 2.60. The van der Waals surface area contributed by atoms with E-state index >= 15 is 0 Å². The second kappa shape index (κ2) is 10.9. The molecule has 0 spiro atoms. The Balaban J connectivity index is 1.24. The van der Waals surface area contributed by atoms with Crippen LogP contribution in [0.2, 0.25) is 0 Å². The van der Waals surface area contributed by atoms with Crippen LogP contribution in [-0.4, -0.2) is 25.6 Å². The number of hydrogen-bond acceptors (Lipinski definition) is 2. The van der Waals surface area contributed by atoms with Crippen molar-refractivity contribution in [2.24, 2.45) is 34.5 Å². The summed E-state index contributed by atoms with van der Waals surface area (Å²) in [6.45, 7) is 7.58. The summed E-state index contributed by atoms with van der Waals surface area (Å²) in [5.41, 5.74) is 2.17. The lowest BCUT2D eigenvalue weighted by Gasteiger charge is -2.58. The van der Waals surface area contributed by atoms with E-state index in [2.05, 4.69) is 118 Å². The Bertz CT molecular complexity index is 1310. The quantitative estimate of drug-likeness (QED) is 0.195. The summed E-state index contributed by atoms with van der Waals surface area (Å²) < 4.78 is 7.75. The SMILES string of the molecule is CC(O[Si](c1ccccc1)(c1ccccc1)c1ccccc1)[C@H]1CC[C@H]2[C@@H]3CC=C4C[C@@H](O)CC[C@]4(C)[C@H]3CC[C@]12C. The minimum Gasteiger partial charge on any atom is -0.401 e. The number of benzene rings is 3. The molecule has 0 aliphatic heterocycles. The molecule has 8 atom stereocenters. The Kier molecular flexibility index (Phi) is 7.36. The van der Waals surface area contributed by atoms with Crippen molar-refractivity contribution in [1.82, 2.24) is 0 Å². The Morgan fingerprint density at radius 3 is 1.88 bits per heavy atom. The van der Waals surface area contributed by atoms with Crippen LogP contribution in [0.25, 0.3) is 0 Å². The maximum atomic E-state index is 10.4. The van der Waals surface area contributed by atoms with E-state index in [4.69, 9.17) is 4.43 Å². The van der Waals surface area contributed by atoms with E-state index in [-0.39, 0.29) is 12.2 Å². The first-order chi connectivity index (χ1) is 20.4. The van der Waals surface area contributed by atoms with Gasteiger partial charge in [-0.15, -0.1) is 0 Å². The molecule has 3 saturated carbocycles. The van der Waals surface area contributed by atoms with Crippen molar-refractivity contribution in [3.8, 4) is 0 Å². The van der Waals surface area contributed by atoms with Gasteiger partial charge in [-0.1, -0.05) is 116 Å². The van der Waals surface area contributed by atoms with Crippen LogP contribution in [0.1, 0.15) is 72.1 Å². The molecule has 0 radical (unpaired) electrons. The van der Waals surface area contributed by atoms with Gasteiger partial charge in [0.2, 0.25) is 0 Å². The van der Waals surface area contributed by atoms with Crippen LogP contribution in [0.5, 0.6) is 0 Å². The summed E-state index contributed by atoms with van der Waals surface area (Å²) in [5, 5.41) is 14.4. The number of rotatable bonds is 6. The zero-order valence-electron chi connectivity index (χ0n) is 25.7. The lowest BCUT2D eigenvalue weighted by Crippen LogP contribution is -2.70. The van der Waals surface area contributed by atoms with Crippen LogP contribution in [-0.2, 0) is 4.43 Å². The number of fused-ring (bicyclic) bond motifs is 5. The summed E-state index contributed by atoms with van der Waals surface area (Å²) >= 11 is 0. The van der Waals surface area contributed by atoms with Gasteiger partial charge in [-0.05, 0) is 108 Å². The van der Waals surface area contributed by atoms with Crippen LogP contribution in [0.15, 0.2) is 103 Å². The average Bonchev–Trinajstić information content (AvgIpc) is 3.39. The highest BCUT2D eigenvalue weighted by atomic mass is 28.4. The standard InChI is InChI=1S/C39H48O2Si/c1-28(41-42(31-13-7-4-8-14-31,32-15-9-5-10-16-32)33-17-11-6-12-18-33)35-21-22-36-34-20-19-29-27-30(40)23-25-38(29,2)37(34)24-26-39(35,36)3/h4-19,28,30,34-37,40H,20-27H2,1-3H3/t28?,30-,34-,35+,36-,37-,38-,39+/m0/s1. The second-order valence-electron chi connectivity index (χ2n) is 14.5. The Morgan fingerprint density at radius 1 is 0.738 bits per heavy atom. The van der Waals surface area contributed by atoms with Crippen LogP contribution < -0.4 is 15.6 Å². The molecule has 0 bridgehead atoms. The number of aliphatic hydroxyl groups excluding tert-OH is 1. The Labute approximate surface area is 254 Å². The topological polar surface area (TPSA) is 29.5 Å². The maximum Gasteiger partial charge on any atom is 0.288 e. The first kappa shape index (κ1) is 28.3. The van der Waals surface area contributed by atoms with E-state index < -0.39 is 8.32 Å². The van der Waals surface area contributed by atoms with Crippen molar-refractivity contribution in [1.29, 1.82) is 0 Å². The lowest BCUT2D eigenvalue weighted by molar-refractivity contribution is -0.0647. The minimum absolute atomic E-state index is 0.133. The molecule has 3 aromatic rings. The molecular weight excluding hydrogens is 529 g/mol. The van der Waals surface area contributed by atoms with Crippen molar-refractivity contribution in [3.63, 3.8) is 0 Å². The van der Waals surface area contributed by atoms with Crippen molar-refractivity contribution in [2.75, 3.05) is 0 Å². The molecule has 0 aromatic heterocycles. The van der Waals surface area contributed by atoms with Crippen molar-refractivity contribution in [2.45, 2.75) is 84.3 Å². The largest absolute Gasteiger partial charge is 0.401 e. The zero-order valence-corrected chi connectivity index (χ0v) is 26.7. The third-order valence-corrected chi connectivity index (χ3v) is 16.8. The molecule has 0 saturated heterocycles. The summed E-state index contributed by atoms with van der Waals surface area (Å²) in [6.07, 6.45) is 12.1. The van der Waals surface area contributed by atoms with Gasteiger partial charge in [-0.3, -0.25) is 0 Å². The van der Waals surface area contributed by atoms with E-state index in [0.29, 0.717) is 16.7 Å². The van der Waals surface area contributed by atoms with Gasteiger partial charge >= 0.3 is 0 Å². The Hall–Kier alpha value is -2.46. The average molecular weight is 577 g/mol. The monoisotopic (exact) mass is 576 g/mol. The summed E-state index contributed by atoms with van der Waals surface area (Å²) in [7, 11) is -2.75. The molecule has 220 valence electrons. The third kappa shape index (κ3) is 4.41. The molecule has 3 fully saturated rings. The summed E-state index contributed by atoms with van der Waals surface area (Å²) in [4.78, 5) is 0. The fourth-order valence-corrected chi connectivity index (χ4v) is 14.7. The second-order valence-corrected chi connectivity index (χ2v) is 17.8. The minimum atomic E-state index is -2.75. The molecule has 7 rings (SSSR count). The third-order valence-electron chi connectivity index (χ3n) is 12.6. The van der Waals surface area contributed by atoms with Crippen LogP contribution in [0.4, 0.5) is 0 Å². The summed E-state index contributed by atoms with van der Waals surface area (Å²) in [5.74, 6) is 2.85. The smallest absolute Gasteiger partial charge is 0.288 e. The molecule has 42 heavy (non-hydrogen) atoms. The van der Waals surface area contributed by atoms with E-state index in [1.165, 1.54) is 47.7 Å². The van der Waals surface area contributed by atoms with Crippen molar-refractivity contribution < 1.29 is 9.53 Å². The molecule has 1 N–H and O–H groups in total. The molecule has 4 aliphatic carbocycles. The first-order valence-electron chi connectivity index (χ1n) is 16.6. The molecule has 3 heteroatoms. The number of hydrogen-bond donors (Lipinski definition) is 1. The Morgan fingerprint density at radius 2 is 1.31 bits per heavy atom. The van der Waals surface area contributed by atoms with Gasteiger partial charge in [0.1, 0.15) is 0 Å². The first-order valence-corrected chi connectivity index (χ1v) is 18.5. The zero-order chi connectivity index (χ0) is 29.0. The summed E-state index contributed by atoms with van der Waals surface area (Å²) in [6, 6.07) is 33.3. The van der Waals surface area contributed by atoms with Crippen LogP contribution >= 0.6 is 0 Å². The van der Waals surface area contributed by atoms with E-state index in [1.54, 1.807) is 5.57 Å². The fraction of sp³-hybridized carbons (Fsp3) is 0.487. The van der Waals surface area contributed by atoms with Crippen LogP contribution in [0.3, 0.4) is 0 Å². The van der Waals surface area contributed by atoms with E-state index in [1.807, 2.05) is 0 Å². The molecule has 1 unspecified atom stereocenters. The van der Waals surface area contributed by atoms with Gasteiger partial charge in [-0.25, -0.2) is 0 Å². The van der Waals surface area contributed by atoms with Gasteiger partial charge < -0.3 is 9.53 Å². The normalized spacial score (nSPS) is 35.0. The highest BCUT2D eigenvalue weighted by Crippen LogP contribution is 2.66. The molecule has 2 nitrogen and oxygen atoms in total. The number of aliphatic hydroxyl groups is 1. The van der Waals surface area contributed by atoms with Gasteiger partial charge in [0.15, 0.2) is 0 Å². The number of allylic oxidation sites excluding steroid dienone is 1. The predicted octanol–water partition coefficient (Wildman–Crippen LogP) is 7.00. The lowest BCUT2D eigenvalue weighted by atomic mass is 9.47. The van der Waals surface area contributed by atoms with Gasteiger partial charge in [0.05, 0.1) is 6.10 Å².